The fourth-order valence-electron chi connectivity index (χ4n) is 1.00. The van der Waals surface area contributed by atoms with E-state index in [1.54, 1.807) is 19.1 Å². The molecule has 16 heavy (non-hydrogen) atoms. The first-order valence-corrected chi connectivity index (χ1v) is 4.70. The van der Waals surface area contributed by atoms with Gasteiger partial charge in [0.15, 0.2) is 18.1 Å². The zero-order valence-electron chi connectivity index (χ0n) is 8.80. The largest absolute Gasteiger partial charge is 0.477 e. The van der Waals surface area contributed by atoms with E-state index in [1.165, 1.54) is 6.26 Å². The fraction of sp³-hybridized carbons (Fsp3) is 0.273. The molecule has 0 amide bonds. The monoisotopic (exact) mass is 221 g/mol. The molecule has 0 aromatic carbocycles. The summed E-state index contributed by atoms with van der Waals surface area (Å²) in [6, 6.07) is 5.11. The van der Waals surface area contributed by atoms with Crippen LogP contribution >= 0.6 is 0 Å². The Morgan fingerprint density at radius 1 is 1.62 bits per heavy atom. The summed E-state index contributed by atoms with van der Waals surface area (Å²) in [4.78, 5) is 11.0. The summed E-state index contributed by atoms with van der Waals surface area (Å²) in [5.74, 6) is 0.115. The number of carbonyl (C=O) groups is 1. The Bertz CT molecular complexity index is 400. The molecule has 5 nitrogen and oxygen atoms in total. The predicted octanol–water partition coefficient (Wildman–Crippen LogP) is 1.72. The number of hydrogen-bond acceptors (Lipinski definition) is 5. The first kappa shape index (κ1) is 11.9. The molecule has 0 radical (unpaired) electrons. The molecule has 1 heterocycles. The lowest BCUT2D eigenvalue weighted by Gasteiger charge is -2.06. The third-order valence-electron chi connectivity index (χ3n) is 1.61. The molecule has 0 atom stereocenters. The van der Waals surface area contributed by atoms with Crippen LogP contribution in [0.5, 0.6) is 0 Å². The van der Waals surface area contributed by atoms with Gasteiger partial charge in [0.25, 0.3) is 0 Å². The van der Waals surface area contributed by atoms with E-state index in [9.17, 15) is 4.79 Å². The lowest BCUT2D eigenvalue weighted by atomic mass is 10.3. The standard InChI is InChI=1S/C11H11NO4/c1-2-14-11(13)8-16-10(5-6-12)9-4-3-7-15-9/h3-5,7H,2,8H2,1H3/b10-5-. The van der Waals surface area contributed by atoms with Crippen molar-refractivity contribution in [2.24, 2.45) is 0 Å². The zero-order valence-corrected chi connectivity index (χ0v) is 8.80. The maximum atomic E-state index is 11.0. The molecule has 5 heteroatoms. The van der Waals surface area contributed by atoms with Crippen molar-refractivity contribution in [1.29, 1.82) is 5.26 Å². The van der Waals surface area contributed by atoms with Crippen LogP contribution in [-0.2, 0) is 14.3 Å². The first-order chi connectivity index (χ1) is 7.77. The lowest BCUT2D eigenvalue weighted by molar-refractivity contribution is -0.146. The van der Waals surface area contributed by atoms with Gasteiger partial charge in [0.2, 0.25) is 0 Å². The highest BCUT2D eigenvalue weighted by atomic mass is 16.6. The molecule has 0 aliphatic carbocycles. The van der Waals surface area contributed by atoms with Crippen molar-refractivity contribution >= 4 is 11.7 Å². The van der Waals surface area contributed by atoms with E-state index in [0.29, 0.717) is 12.4 Å². The van der Waals surface area contributed by atoms with Crippen LogP contribution in [0.1, 0.15) is 12.7 Å². The van der Waals surface area contributed by atoms with Crippen molar-refractivity contribution in [3.05, 3.63) is 30.2 Å². The molecule has 0 unspecified atom stereocenters. The fourth-order valence-corrected chi connectivity index (χ4v) is 1.00. The second-order valence-electron chi connectivity index (χ2n) is 2.71. The molecule has 1 rings (SSSR count). The minimum atomic E-state index is -0.488. The molecular formula is C11H11NO4. The minimum absolute atomic E-state index is 0.209. The summed E-state index contributed by atoms with van der Waals surface area (Å²) >= 11 is 0. The van der Waals surface area contributed by atoms with Gasteiger partial charge in [-0.1, -0.05) is 0 Å². The van der Waals surface area contributed by atoms with Crippen LogP contribution in [0.15, 0.2) is 28.9 Å². The van der Waals surface area contributed by atoms with Crippen molar-refractivity contribution < 1.29 is 18.7 Å². The van der Waals surface area contributed by atoms with Crippen LogP contribution < -0.4 is 0 Å². The van der Waals surface area contributed by atoms with E-state index < -0.39 is 5.97 Å². The number of nitrogens with zero attached hydrogens (tertiary/aromatic N) is 1. The quantitative estimate of drug-likeness (QED) is 0.430. The Morgan fingerprint density at radius 2 is 2.44 bits per heavy atom. The van der Waals surface area contributed by atoms with E-state index in [1.807, 2.05) is 6.07 Å². The summed E-state index contributed by atoms with van der Waals surface area (Å²) < 4.78 is 14.8. The molecule has 84 valence electrons. The average molecular weight is 221 g/mol. The van der Waals surface area contributed by atoms with Crippen LogP contribution in [0.25, 0.3) is 5.76 Å². The van der Waals surface area contributed by atoms with Gasteiger partial charge in [-0.05, 0) is 19.1 Å². The highest BCUT2D eigenvalue weighted by Crippen LogP contribution is 2.15. The predicted molar refractivity (Wildman–Crippen MR) is 54.9 cm³/mol. The minimum Gasteiger partial charge on any atom is -0.477 e. The Labute approximate surface area is 92.9 Å². The number of rotatable bonds is 5. The van der Waals surface area contributed by atoms with Gasteiger partial charge in [-0.3, -0.25) is 0 Å². The van der Waals surface area contributed by atoms with Gasteiger partial charge in [-0.25, -0.2) is 4.79 Å². The SMILES string of the molecule is CCOC(=O)CO/C(=C\C#N)c1ccco1. The Hall–Kier alpha value is -2.22. The lowest BCUT2D eigenvalue weighted by Crippen LogP contribution is -2.11. The molecule has 0 saturated carbocycles. The van der Waals surface area contributed by atoms with E-state index in [2.05, 4.69) is 4.74 Å². The summed E-state index contributed by atoms with van der Waals surface area (Å²) in [5, 5.41) is 8.54. The van der Waals surface area contributed by atoms with Crippen LogP contribution in [0, 0.1) is 11.3 Å². The van der Waals surface area contributed by atoms with Crippen LogP contribution in [-0.4, -0.2) is 19.2 Å². The molecule has 0 aliphatic heterocycles. The Kier molecular flexibility index (Phi) is 4.67. The molecule has 1 aromatic heterocycles. The van der Waals surface area contributed by atoms with Crippen molar-refractivity contribution in [2.75, 3.05) is 13.2 Å². The van der Waals surface area contributed by atoms with Gasteiger partial charge in [0, 0.05) is 0 Å². The molecule has 1 aromatic rings. The molecule has 0 spiro atoms. The van der Waals surface area contributed by atoms with Crippen molar-refractivity contribution in [2.45, 2.75) is 6.92 Å². The Morgan fingerprint density at radius 3 is 3.00 bits per heavy atom. The number of furan rings is 1. The number of esters is 1. The summed E-state index contributed by atoms with van der Waals surface area (Å²) in [6.45, 7) is 1.75. The zero-order chi connectivity index (χ0) is 11.8. The topological polar surface area (TPSA) is 72.5 Å². The second kappa shape index (κ2) is 6.30. The van der Waals surface area contributed by atoms with E-state index in [-0.39, 0.29) is 12.4 Å². The average Bonchev–Trinajstić information content (AvgIpc) is 2.78. The highest BCUT2D eigenvalue weighted by Gasteiger charge is 2.09. The molecule has 0 bridgehead atoms. The van der Waals surface area contributed by atoms with Crippen LogP contribution in [0.4, 0.5) is 0 Å². The molecule has 0 N–H and O–H groups in total. The second-order valence-corrected chi connectivity index (χ2v) is 2.71. The van der Waals surface area contributed by atoms with Gasteiger partial charge < -0.3 is 13.9 Å². The summed E-state index contributed by atoms with van der Waals surface area (Å²) in [6.07, 6.45) is 2.62. The van der Waals surface area contributed by atoms with E-state index in [4.69, 9.17) is 14.4 Å². The maximum absolute atomic E-state index is 11.0. The van der Waals surface area contributed by atoms with E-state index in [0.717, 1.165) is 6.08 Å². The number of hydrogen-bond donors (Lipinski definition) is 0. The highest BCUT2D eigenvalue weighted by molar-refractivity contribution is 5.72. The van der Waals surface area contributed by atoms with Gasteiger partial charge >= 0.3 is 5.97 Å². The number of nitriles is 1. The smallest absolute Gasteiger partial charge is 0.344 e. The molecule has 0 aliphatic rings. The first-order valence-electron chi connectivity index (χ1n) is 4.70. The molecular weight excluding hydrogens is 210 g/mol. The summed E-state index contributed by atoms with van der Waals surface area (Å²) in [7, 11) is 0. The van der Waals surface area contributed by atoms with Crippen molar-refractivity contribution in [3.8, 4) is 6.07 Å². The number of carbonyl (C=O) groups excluding carboxylic acids is 1. The third kappa shape index (κ3) is 3.50. The third-order valence-corrected chi connectivity index (χ3v) is 1.61. The van der Waals surface area contributed by atoms with Crippen LogP contribution in [0.2, 0.25) is 0 Å². The number of ether oxygens (including phenoxy) is 2. The molecule has 0 saturated heterocycles. The maximum Gasteiger partial charge on any atom is 0.344 e. The van der Waals surface area contributed by atoms with Crippen molar-refractivity contribution in [1.82, 2.24) is 0 Å². The van der Waals surface area contributed by atoms with E-state index >= 15 is 0 Å². The normalized spacial score (nSPS) is 10.6. The van der Waals surface area contributed by atoms with Crippen LogP contribution in [0.3, 0.4) is 0 Å². The molecule has 0 fully saturated rings. The van der Waals surface area contributed by atoms with Crippen molar-refractivity contribution in [3.63, 3.8) is 0 Å². The van der Waals surface area contributed by atoms with Gasteiger partial charge in [0.1, 0.15) is 0 Å². The van der Waals surface area contributed by atoms with Gasteiger partial charge in [0.05, 0.1) is 25.0 Å². The number of allylic oxidation sites excluding steroid dienone is 1. The Balaban J connectivity index is 2.58. The van der Waals surface area contributed by atoms with Gasteiger partial charge in [-0.15, -0.1) is 0 Å². The summed E-state index contributed by atoms with van der Waals surface area (Å²) in [5.41, 5.74) is 0. The van der Waals surface area contributed by atoms with Gasteiger partial charge in [-0.2, -0.15) is 5.26 Å².